The molecule has 1 unspecified atom stereocenters. The van der Waals surface area contributed by atoms with Crippen LogP contribution in [0.5, 0.6) is 0 Å². The SMILES string of the molecule is C[C@@H](N)CCCO[PH2]=O. The Kier molecular flexibility index (Phi) is 6.38. The van der Waals surface area contributed by atoms with Gasteiger partial charge in [-0.3, -0.25) is 4.57 Å². The second-order valence-corrected chi connectivity index (χ2v) is 2.61. The third-order valence-electron chi connectivity index (χ3n) is 0.990. The largest absolute Gasteiger partial charge is 0.332 e. The summed E-state index contributed by atoms with van der Waals surface area (Å²) in [7, 11) is -1.03. The van der Waals surface area contributed by atoms with Gasteiger partial charge in [-0.2, -0.15) is 0 Å². The molecule has 0 rings (SSSR count). The molecule has 0 saturated heterocycles. The zero-order valence-corrected chi connectivity index (χ0v) is 6.82. The van der Waals surface area contributed by atoms with E-state index in [4.69, 9.17) is 5.73 Å². The molecular weight excluding hydrogens is 137 g/mol. The van der Waals surface area contributed by atoms with Crippen LogP contribution in [-0.2, 0) is 9.09 Å². The summed E-state index contributed by atoms with van der Waals surface area (Å²) in [5, 5.41) is 0. The van der Waals surface area contributed by atoms with Gasteiger partial charge in [0.05, 0.1) is 6.61 Å². The molecule has 0 saturated carbocycles. The second kappa shape index (κ2) is 6.27. The number of hydrogen-bond donors (Lipinski definition) is 1. The molecule has 0 fully saturated rings. The summed E-state index contributed by atoms with van der Waals surface area (Å²) in [6.45, 7) is 2.53. The summed E-state index contributed by atoms with van der Waals surface area (Å²) in [6.07, 6.45) is 1.85. The van der Waals surface area contributed by atoms with Gasteiger partial charge in [0.25, 0.3) is 0 Å². The van der Waals surface area contributed by atoms with Gasteiger partial charge in [-0.1, -0.05) is 0 Å². The Bertz CT molecular complexity index is 77.4. The molecule has 2 atom stereocenters. The molecule has 0 amide bonds. The molecule has 0 aromatic carbocycles. The minimum absolute atomic E-state index is 0.232. The summed E-state index contributed by atoms with van der Waals surface area (Å²) in [6, 6.07) is 0.232. The van der Waals surface area contributed by atoms with Crippen molar-refractivity contribution in [2.75, 3.05) is 6.61 Å². The Morgan fingerprint density at radius 1 is 1.78 bits per heavy atom. The van der Waals surface area contributed by atoms with Crippen LogP contribution in [0.1, 0.15) is 19.8 Å². The van der Waals surface area contributed by atoms with Gasteiger partial charge in [-0.05, 0) is 19.8 Å². The molecule has 3 nitrogen and oxygen atoms in total. The molecule has 0 aromatic heterocycles. The van der Waals surface area contributed by atoms with E-state index in [2.05, 4.69) is 4.52 Å². The Labute approximate surface area is 56.9 Å². The number of rotatable bonds is 5. The number of nitrogens with two attached hydrogens (primary N) is 1. The van der Waals surface area contributed by atoms with E-state index >= 15 is 0 Å². The van der Waals surface area contributed by atoms with Crippen LogP contribution in [0.2, 0.25) is 0 Å². The first kappa shape index (κ1) is 9.15. The zero-order valence-electron chi connectivity index (χ0n) is 5.67. The van der Waals surface area contributed by atoms with E-state index in [1.165, 1.54) is 0 Å². The van der Waals surface area contributed by atoms with Crippen molar-refractivity contribution in [3.63, 3.8) is 0 Å². The molecule has 0 aliphatic rings. The molecule has 0 aliphatic heterocycles. The number of hydrogen-bond acceptors (Lipinski definition) is 3. The molecule has 9 heavy (non-hydrogen) atoms. The van der Waals surface area contributed by atoms with Crippen molar-refractivity contribution in [1.82, 2.24) is 0 Å². The molecule has 4 heteroatoms. The fourth-order valence-corrected chi connectivity index (χ4v) is 0.800. The van der Waals surface area contributed by atoms with Gasteiger partial charge in [0.1, 0.15) is 0 Å². The van der Waals surface area contributed by atoms with Gasteiger partial charge < -0.3 is 10.3 Å². The van der Waals surface area contributed by atoms with Crippen molar-refractivity contribution in [3.8, 4) is 0 Å². The molecule has 0 bridgehead atoms. The van der Waals surface area contributed by atoms with E-state index in [1.54, 1.807) is 0 Å². The van der Waals surface area contributed by atoms with Crippen LogP contribution >= 0.6 is 8.69 Å². The molecule has 2 N–H and O–H groups in total. The van der Waals surface area contributed by atoms with E-state index in [1.807, 2.05) is 6.92 Å². The lowest BCUT2D eigenvalue weighted by molar-refractivity contribution is 0.326. The molecule has 56 valence electrons. The molecule has 0 heterocycles. The molecule has 0 aliphatic carbocycles. The van der Waals surface area contributed by atoms with Crippen molar-refractivity contribution < 1.29 is 9.09 Å². The minimum atomic E-state index is -1.03. The summed E-state index contributed by atoms with van der Waals surface area (Å²) < 4.78 is 14.5. The van der Waals surface area contributed by atoms with Crippen molar-refractivity contribution in [1.29, 1.82) is 0 Å². The van der Waals surface area contributed by atoms with Crippen LogP contribution in [0, 0.1) is 0 Å². The van der Waals surface area contributed by atoms with Crippen LogP contribution in [0.4, 0.5) is 0 Å². The molecular formula is C5H14NO2P. The van der Waals surface area contributed by atoms with Gasteiger partial charge >= 0.3 is 0 Å². The highest BCUT2D eigenvalue weighted by Gasteiger charge is 1.91. The molecule has 0 radical (unpaired) electrons. The topological polar surface area (TPSA) is 52.3 Å². The molecule has 0 aromatic rings. The maximum Gasteiger partial charge on any atom is 0.179 e. The summed E-state index contributed by atoms with van der Waals surface area (Å²) in [4.78, 5) is 0. The predicted molar refractivity (Wildman–Crippen MR) is 39.2 cm³/mol. The first-order chi connectivity index (χ1) is 4.27. The first-order valence-corrected chi connectivity index (χ1v) is 4.02. The Morgan fingerprint density at radius 3 is 2.89 bits per heavy atom. The minimum Gasteiger partial charge on any atom is -0.332 e. The zero-order chi connectivity index (χ0) is 7.11. The first-order valence-electron chi connectivity index (χ1n) is 3.08. The second-order valence-electron chi connectivity index (χ2n) is 2.09. The summed E-state index contributed by atoms with van der Waals surface area (Å²) in [5.74, 6) is 0. The van der Waals surface area contributed by atoms with Crippen LogP contribution in [0.3, 0.4) is 0 Å². The monoisotopic (exact) mass is 151 g/mol. The average Bonchev–Trinajstić information content (AvgIpc) is 1.80. The molecule has 0 spiro atoms. The van der Waals surface area contributed by atoms with E-state index in [-0.39, 0.29) is 6.04 Å². The van der Waals surface area contributed by atoms with Crippen molar-refractivity contribution >= 4 is 8.69 Å². The van der Waals surface area contributed by atoms with Crippen LogP contribution in [0.25, 0.3) is 0 Å². The van der Waals surface area contributed by atoms with E-state index in [9.17, 15) is 4.57 Å². The highest BCUT2D eigenvalue weighted by molar-refractivity contribution is 7.17. The van der Waals surface area contributed by atoms with Crippen LogP contribution < -0.4 is 5.73 Å². The lowest BCUT2D eigenvalue weighted by Crippen LogP contribution is -2.14. The smallest absolute Gasteiger partial charge is 0.179 e. The van der Waals surface area contributed by atoms with Crippen molar-refractivity contribution in [2.45, 2.75) is 25.8 Å². The fourth-order valence-electron chi connectivity index (χ4n) is 0.537. The highest BCUT2D eigenvalue weighted by Crippen LogP contribution is 1.99. The van der Waals surface area contributed by atoms with Gasteiger partial charge in [0.2, 0.25) is 0 Å². The predicted octanol–water partition coefficient (Wildman–Crippen LogP) is 0.802. The summed E-state index contributed by atoms with van der Waals surface area (Å²) >= 11 is 0. The van der Waals surface area contributed by atoms with Gasteiger partial charge in [-0.25, -0.2) is 0 Å². The van der Waals surface area contributed by atoms with Gasteiger partial charge in [-0.15, -0.1) is 0 Å². The van der Waals surface area contributed by atoms with Crippen molar-refractivity contribution in [3.05, 3.63) is 0 Å². The van der Waals surface area contributed by atoms with Crippen LogP contribution in [-0.4, -0.2) is 12.6 Å². The Morgan fingerprint density at radius 2 is 2.44 bits per heavy atom. The third-order valence-corrected chi connectivity index (χ3v) is 1.36. The Hall–Kier alpha value is 0.150. The van der Waals surface area contributed by atoms with E-state index in [0.717, 1.165) is 12.8 Å². The quantitative estimate of drug-likeness (QED) is 0.467. The van der Waals surface area contributed by atoms with Gasteiger partial charge in [0, 0.05) is 6.04 Å². The van der Waals surface area contributed by atoms with Gasteiger partial charge in [0.15, 0.2) is 8.69 Å². The standard InChI is InChI=1S/C5H14NO2P/c1-5(6)3-2-4-8-9-7/h5H,2-4,6,9H2,1H3/t5-/m1/s1. The van der Waals surface area contributed by atoms with Crippen LogP contribution in [0.15, 0.2) is 0 Å². The Balaban J connectivity index is 2.82. The average molecular weight is 151 g/mol. The van der Waals surface area contributed by atoms with E-state index in [0.29, 0.717) is 6.61 Å². The lowest BCUT2D eigenvalue weighted by Gasteiger charge is -2.01. The van der Waals surface area contributed by atoms with Crippen molar-refractivity contribution in [2.24, 2.45) is 5.73 Å². The van der Waals surface area contributed by atoms with E-state index < -0.39 is 8.69 Å². The highest BCUT2D eigenvalue weighted by atomic mass is 31.1. The normalized spacial score (nSPS) is 14.9. The maximum atomic E-state index is 9.80. The lowest BCUT2D eigenvalue weighted by atomic mass is 10.2. The summed E-state index contributed by atoms with van der Waals surface area (Å²) in [5.41, 5.74) is 5.45. The third kappa shape index (κ3) is 8.15. The fraction of sp³-hybridized carbons (Fsp3) is 1.00. The maximum absolute atomic E-state index is 9.80.